The van der Waals surface area contributed by atoms with Gasteiger partial charge in [0.05, 0.1) is 11.8 Å². The first kappa shape index (κ1) is 38.2. The Morgan fingerprint density at radius 2 is 1.63 bits per heavy atom. The number of aliphatic carboxylic acids is 1. The number of carboxylic acids is 1. The van der Waals surface area contributed by atoms with E-state index in [-0.39, 0.29) is 51.3 Å². The number of ether oxygens (including phenoxy) is 1. The van der Waals surface area contributed by atoms with E-state index in [9.17, 15) is 23.9 Å². The number of allylic oxidation sites excluding steroid dienone is 2. The van der Waals surface area contributed by atoms with Crippen LogP contribution >= 0.6 is 0 Å². The lowest BCUT2D eigenvalue weighted by molar-refractivity contribution is -0.233. The smallest absolute Gasteiger partial charge is 0.309 e. The fourth-order valence-electron chi connectivity index (χ4n) is 13.0. The van der Waals surface area contributed by atoms with Crippen molar-refractivity contribution in [3.63, 3.8) is 0 Å². The van der Waals surface area contributed by atoms with Crippen molar-refractivity contribution in [2.75, 3.05) is 6.54 Å². The van der Waals surface area contributed by atoms with Crippen molar-refractivity contribution >= 4 is 17.7 Å². The molecule has 1 aromatic rings. The van der Waals surface area contributed by atoms with Crippen molar-refractivity contribution in [2.24, 2.45) is 56.2 Å². The average Bonchev–Trinajstić information content (AvgIpc) is 3.34. The van der Waals surface area contributed by atoms with Crippen LogP contribution in [0.2, 0.25) is 0 Å². The lowest BCUT2D eigenvalue weighted by Gasteiger charge is -2.72. The van der Waals surface area contributed by atoms with Crippen LogP contribution in [-0.4, -0.2) is 35.5 Å². The van der Waals surface area contributed by atoms with E-state index < -0.39 is 17.4 Å². The van der Waals surface area contributed by atoms with Gasteiger partial charge in [-0.2, -0.15) is 0 Å². The highest BCUT2D eigenvalue weighted by Gasteiger charge is 2.70. The Hall–Kier alpha value is -2.54. The summed E-state index contributed by atoms with van der Waals surface area (Å²) >= 11 is 0. The highest BCUT2D eigenvalue weighted by molar-refractivity contribution is 6.00. The van der Waals surface area contributed by atoms with Gasteiger partial charge < -0.3 is 15.2 Å². The van der Waals surface area contributed by atoms with Crippen LogP contribution < -0.4 is 5.32 Å². The summed E-state index contributed by atoms with van der Waals surface area (Å²) in [6.07, 6.45) is 9.72. The Morgan fingerprint density at radius 3 is 2.27 bits per heavy atom. The standard InChI is InChI=1S/C44H64FNO5/c1-27(2)36-31(47)24-44(22-23-46-26-28-10-12-29(45)13-11-28)21-20-42(8)30(37(36)44)14-15-33-41(7)18-17-34(51-35(48)25-39(3,4)38(49)50)40(5,6)32(41)16-19-43(33,42)9/h10-13,27,30,32-34,46H,14-26H2,1-9H3,(H,49,50)/t30-,32?,33?,34+,41+,42-,43-,44-/m1/s1. The number of hydrogen-bond donors (Lipinski definition) is 2. The third kappa shape index (κ3) is 6.13. The predicted molar refractivity (Wildman–Crippen MR) is 198 cm³/mol. The lowest BCUT2D eigenvalue weighted by atomic mass is 9.33. The van der Waals surface area contributed by atoms with Gasteiger partial charge >= 0.3 is 11.9 Å². The maximum atomic E-state index is 14.0. The van der Waals surface area contributed by atoms with Crippen LogP contribution in [0.15, 0.2) is 35.4 Å². The summed E-state index contributed by atoms with van der Waals surface area (Å²) in [6.45, 7) is 21.4. The molecule has 0 radical (unpaired) electrons. The Balaban J connectivity index is 1.24. The largest absolute Gasteiger partial charge is 0.481 e. The molecular formula is C44H64FNO5. The topological polar surface area (TPSA) is 92.7 Å². The molecule has 282 valence electrons. The van der Waals surface area contributed by atoms with E-state index in [2.05, 4.69) is 53.8 Å². The van der Waals surface area contributed by atoms with Crippen LogP contribution in [0.4, 0.5) is 4.39 Å². The van der Waals surface area contributed by atoms with Gasteiger partial charge in [0.25, 0.3) is 0 Å². The van der Waals surface area contributed by atoms with Crippen LogP contribution in [0.25, 0.3) is 0 Å². The number of ketones is 1. The molecule has 1 aromatic carbocycles. The summed E-state index contributed by atoms with van der Waals surface area (Å²) in [5, 5.41) is 13.2. The predicted octanol–water partition coefficient (Wildman–Crippen LogP) is 9.70. The number of carbonyl (C=O) groups is 3. The molecule has 0 heterocycles. The average molecular weight is 706 g/mol. The molecular weight excluding hydrogens is 641 g/mol. The van der Waals surface area contributed by atoms with E-state index in [4.69, 9.17) is 4.74 Å². The van der Waals surface area contributed by atoms with Crippen LogP contribution in [0.1, 0.15) is 139 Å². The molecule has 4 fully saturated rings. The number of nitrogens with one attached hydrogen (secondary N) is 1. The van der Waals surface area contributed by atoms with Crippen molar-refractivity contribution in [3.05, 3.63) is 46.8 Å². The molecule has 5 aliphatic carbocycles. The van der Waals surface area contributed by atoms with E-state index in [1.54, 1.807) is 13.8 Å². The van der Waals surface area contributed by atoms with Crippen LogP contribution in [0, 0.1) is 62.0 Å². The number of halogens is 1. The van der Waals surface area contributed by atoms with Gasteiger partial charge in [-0.1, -0.05) is 66.2 Å². The van der Waals surface area contributed by atoms with E-state index in [1.165, 1.54) is 17.7 Å². The van der Waals surface area contributed by atoms with Crippen molar-refractivity contribution < 1.29 is 28.6 Å². The molecule has 8 atom stereocenters. The van der Waals surface area contributed by atoms with Crippen molar-refractivity contribution in [1.29, 1.82) is 0 Å². The van der Waals surface area contributed by atoms with E-state index in [1.807, 2.05) is 12.1 Å². The van der Waals surface area contributed by atoms with Gasteiger partial charge in [-0.25, -0.2) is 4.39 Å². The maximum Gasteiger partial charge on any atom is 0.309 e. The summed E-state index contributed by atoms with van der Waals surface area (Å²) in [5.74, 6) is 0.306. The molecule has 6 rings (SSSR count). The Morgan fingerprint density at radius 1 is 0.941 bits per heavy atom. The molecule has 0 aromatic heterocycles. The van der Waals surface area contributed by atoms with E-state index in [0.717, 1.165) is 75.5 Å². The fourth-order valence-corrected chi connectivity index (χ4v) is 13.0. The number of fused-ring (bicyclic) bond motifs is 7. The number of benzene rings is 1. The number of hydrogen-bond acceptors (Lipinski definition) is 5. The van der Waals surface area contributed by atoms with E-state index >= 15 is 0 Å². The van der Waals surface area contributed by atoms with Gasteiger partial charge in [0.2, 0.25) is 0 Å². The van der Waals surface area contributed by atoms with Crippen LogP contribution in [-0.2, 0) is 25.7 Å². The van der Waals surface area contributed by atoms with Crippen LogP contribution in [0.5, 0.6) is 0 Å². The van der Waals surface area contributed by atoms with Crippen molar-refractivity contribution in [1.82, 2.24) is 5.32 Å². The molecule has 0 spiro atoms. The summed E-state index contributed by atoms with van der Waals surface area (Å²) in [7, 11) is 0. The summed E-state index contributed by atoms with van der Waals surface area (Å²) < 4.78 is 19.6. The third-order valence-electron chi connectivity index (χ3n) is 16.0. The van der Waals surface area contributed by atoms with Gasteiger partial charge in [0.15, 0.2) is 5.78 Å². The first-order valence-electron chi connectivity index (χ1n) is 19.9. The highest BCUT2D eigenvalue weighted by Crippen LogP contribution is 2.77. The molecule has 7 heteroatoms. The monoisotopic (exact) mass is 705 g/mol. The lowest BCUT2D eigenvalue weighted by Crippen LogP contribution is -2.65. The first-order valence-corrected chi connectivity index (χ1v) is 19.9. The third-order valence-corrected chi connectivity index (χ3v) is 16.0. The minimum absolute atomic E-state index is 0.0832. The number of carbonyl (C=O) groups excluding carboxylic acids is 2. The Bertz CT molecular complexity index is 1580. The van der Waals surface area contributed by atoms with Gasteiger partial charge in [0, 0.05) is 23.8 Å². The van der Waals surface area contributed by atoms with E-state index in [0.29, 0.717) is 36.5 Å². The molecule has 6 nitrogen and oxygen atoms in total. The zero-order valence-corrected chi connectivity index (χ0v) is 32.8. The molecule has 0 amide bonds. The zero-order valence-electron chi connectivity index (χ0n) is 32.8. The molecule has 4 saturated carbocycles. The van der Waals surface area contributed by atoms with Crippen LogP contribution in [0.3, 0.4) is 0 Å². The number of carboxylic acid groups (broad SMARTS) is 1. The molecule has 0 aliphatic heterocycles. The second-order valence-corrected chi connectivity index (χ2v) is 19.7. The molecule has 0 bridgehead atoms. The summed E-state index contributed by atoms with van der Waals surface area (Å²) in [6, 6.07) is 6.71. The van der Waals surface area contributed by atoms with Gasteiger partial charge in [-0.3, -0.25) is 14.4 Å². The van der Waals surface area contributed by atoms with Gasteiger partial charge in [-0.05, 0) is 141 Å². The number of esters is 1. The molecule has 0 saturated heterocycles. The first-order chi connectivity index (χ1) is 23.7. The van der Waals surface area contributed by atoms with Crippen molar-refractivity contribution in [2.45, 2.75) is 146 Å². The molecule has 2 N–H and O–H groups in total. The fraction of sp³-hybridized carbons (Fsp3) is 0.750. The number of rotatable bonds is 10. The Labute approximate surface area is 306 Å². The summed E-state index contributed by atoms with van der Waals surface area (Å²) in [4.78, 5) is 38.8. The summed E-state index contributed by atoms with van der Waals surface area (Å²) in [5.41, 5.74) is 2.56. The van der Waals surface area contributed by atoms with Gasteiger partial charge in [-0.15, -0.1) is 0 Å². The second-order valence-electron chi connectivity index (χ2n) is 19.7. The molecule has 5 aliphatic rings. The maximum absolute atomic E-state index is 14.0. The van der Waals surface area contributed by atoms with Crippen molar-refractivity contribution in [3.8, 4) is 0 Å². The SMILES string of the molecule is CC(C)C1=C2[C@H]3CCC4[C@@]5(C)CC[C@H](OC(=O)CC(C)(C)C(=O)O)C(C)(C)C5CC[C@@]4(C)[C@]3(C)CC[C@@]2(CCNCc2ccc(F)cc2)CC1=O. The normalized spacial score (nSPS) is 37.4. The zero-order chi connectivity index (χ0) is 37.4. The minimum Gasteiger partial charge on any atom is -0.481 e. The quantitative estimate of drug-likeness (QED) is 0.186. The second kappa shape index (κ2) is 13.1. The molecule has 51 heavy (non-hydrogen) atoms. The highest BCUT2D eigenvalue weighted by atomic mass is 19.1. The Kier molecular flexibility index (Phi) is 9.80. The molecule has 2 unspecified atom stereocenters. The minimum atomic E-state index is -1.15. The number of Topliss-reactive ketones (excluding diaryl/α,β-unsaturated/α-hetero) is 1. The van der Waals surface area contributed by atoms with Gasteiger partial charge in [0.1, 0.15) is 11.9 Å².